The largest absolute Gasteiger partial charge is 0.460 e. The summed E-state index contributed by atoms with van der Waals surface area (Å²) < 4.78 is 44.1. The molecule has 1 aliphatic rings. The molecule has 1 aliphatic carbocycles. The van der Waals surface area contributed by atoms with Gasteiger partial charge in [0.05, 0.1) is 0 Å². The van der Waals surface area contributed by atoms with E-state index in [9.17, 15) is 22.8 Å². The summed E-state index contributed by atoms with van der Waals surface area (Å²) in [6.45, 7) is -0.230. The summed E-state index contributed by atoms with van der Waals surface area (Å²) in [5.41, 5.74) is -2.07. The molecular formula is C14H13F3O3. The zero-order valence-corrected chi connectivity index (χ0v) is 10.6. The molecule has 1 saturated carbocycles. The lowest BCUT2D eigenvalue weighted by Gasteiger charge is -2.28. The molecule has 1 unspecified atom stereocenters. The van der Waals surface area contributed by atoms with Gasteiger partial charge >= 0.3 is 12.1 Å². The molecule has 1 fully saturated rings. The van der Waals surface area contributed by atoms with Crippen LogP contribution >= 0.6 is 0 Å². The van der Waals surface area contributed by atoms with Gasteiger partial charge < -0.3 is 4.74 Å². The van der Waals surface area contributed by atoms with Gasteiger partial charge in [-0.25, -0.2) is 0 Å². The van der Waals surface area contributed by atoms with E-state index in [0.717, 1.165) is 0 Å². The summed E-state index contributed by atoms with van der Waals surface area (Å²) in [6, 6.07) is 8.43. The van der Waals surface area contributed by atoms with Crippen LogP contribution in [0.5, 0.6) is 0 Å². The van der Waals surface area contributed by atoms with Gasteiger partial charge in [0.2, 0.25) is 0 Å². The van der Waals surface area contributed by atoms with Gasteiger partial charge in [0.25, 0.3) is 0 Å². The molecule has 0 spiro atoms. The third kappa shape index (κ3) is 2.69. The van der Waals surface area contributed by atoms with E-state index in [1.54, 1.807) is 30.3 Å². The lowest BCUT2D eigenvalue weighted by Crippen LogP contribution is -2.44. The van der Waals surface area contributed by atoms with E-state index in [-0.39, 0.29) is 13.0 Å². The molecule has 6 heteroatoms. The Morgan fingerprint density at radius 1 is 1.25 bits per heavy atom. The average Bonchev–Trinajstić information content (AvgIpc) is 2.80. The van der Waals surface area contributed by atoms with Crippen LogP contribution in [0.2, 0.25) is 0 Å². The second kappa shape index (κ2) is 5.26. The van der Waals surface area contributed by atoms with Crippen LogP contribution in [-0.2, 0) is 20.9 Å². The number of esters is 1. The van der Waals surface area contributed by atoms with Crippen molar-refractivity contribution in [1.29, 1.82) is 0 Å². The molecule has 0 radical (unpaired) electrons. The van der Waals surface area contributed by atoms with Gasteiger partial charge in [-0.1, -0.05) is 30.3 Å². The Balaban J connectivity index is 2.11. The third-order valence-corrected chi connectivity index (χ3v) is 3.48. The molecule has 0 bridgehead atoms. The van der Waals surface area contributed by atoms with Crippen molar-refractivity contribution in [2.75, 3.05) is 0 Å². The highest BCUT2D eigenvalue weighted by atomic mass is 19.4. The van der Waals surface area contributed by atoms with Crippen molar-refractivity contribution in [3.8, 4) is 0 Å². The van der Waals surface area contributed by atoms with Crippen LogP contribution in [0.3, 0.4) is 0 Å². The zero-order valence-electron chi connectivity index (χ0n) is 10.6. The summed E-state index contributed by atoms with van der Waals surface area (Å²) in [6.07, 6.45) is -6.35. The van der Waals surface area contributed by atoms with E-state index >= 15 is 0 Å². The number of Topliss-reactive ketones (excluding diaryl/α,β-unsaturated/α-hetero) is 1. The summed E-state index contributed by atoms with van der Waals surface area (Å²) in [4.78, 5) is 23.0. The second-order valence-corrected chi connectivity index (χ2v) is 4.86. The first-order valence-electron chi connectivity index (χ1n) is 6.15. The molecule has 0 heterocycles. The highest BCUT2D eigenvalue weighted by molar-refractivity contribution is 5.91. The van der Waals surface area contributed by atoms with E-state index < -0.39 is 36.2 Å². The van der Waals surface area contributed by atoms with Gasteiger partial charge in [-0.15, -0.1) is 0 Å². The molecule has 0 saturated heterocycles. The monoisotopic (exact) mass is 286 g/mol. The SMILES string of the molecule is O=C1CCC(C(=O)OCc2ccccc2)(C(F)(F)F)C1. The molecule has 3 nitrogen and oxygen atoms in total. The third-order valence-electron chi connectivity index (χ3n) is 3.48. The number of rotatable bonds is 3. The summed E-state index contributed by atoms with van der Waals surface area (Å²) >= 11 is 0. The summed E-state index contributed by atoms with van der Waals surface area (Å²) in [5.74, 6) is -1.92. The maximum Gasteiger partial charge on any atom is 0.405 e. The van der Waals surface area contributed by atoms with E-state index in [4.69, 9.17) is 4.74 Å². The second-order valence-electron chi connectivity index (χ2n) is 4.86. The van der Waals surface area contributed by atoms with Crippen molar-refractivity contribution in [2.45, 2.75) is 32.0 Å². The molecular weight excluding hydrogens is 273 g/mol. The molecule has 1 aromatic rings. The molecule has 0 amide bonds. The topological polar surface area (TPSA) is 43.4 Å². The van der Waals surface area contributed by atoms with Crippen LogP contribution in [0.15, 0.2) is 30.3 Å². The minimum atomic E-state index is -4.77. The van der Waals surface area contributed by atoms with Crippen molar-refractivity contribution in [3.05, 3.63) is 35.9 Å². The standard InChI is InChI=1S/C14H13F3O3/c15-14(16,17)13(7-6-11(18)8-13)12(19)20-9-10-4-2-1-3-5-10/h1-5H,6-9H2. The number of alkyl halides is 3. The summed E-state index contributed by atoms with van der Waals surface area (Å²) in [5, 5.41) is 0. The number of hydrogen-bond donors (Lipinski definition) is 0. The van der Waals surface area contributed by atoms with Crippen LogP contribution in [0.1, 0.15) is 24.8 Å². The molecule has 2 rings (SSSR count). The Morgan fingerprint density at radius 3 is 2.40 bits per heavy atom. The average molecular weight is 286 g/mol. The number of halogens is 3. The predicted molar refractivity (Wildman–Crippen MR) is 63.6 cm³/mol. The van der Waals surface area contributed by atoms with Crippen molar-refractivity contribution >= 4 is 11.8 Å². The normalized spacial score (nSPS) is 22.9. The van der Waals surface area contributed by atoms with Gasteiger partial charge in [-0.2, -0.15) is 13.2 Å². The summed E-state index contributed by atoms with van der Waals surface area (Å²) in [7, 11) is 0. The lowest BCUT2D eigenvalue weighted by molar-refractivity contribution is -0.233. The van der Waals surface area contributed by atoms with E-state index in [2.05, 4.69) is 0 Å². The van der Waals surface area contributed by atoms with Gasteiger partial charge in [0.1, 0.15) is 12.4 Å². The fraction of sp³-hybridized carbons (Fsp3) is 0.429. The zero-order chi connectivity index (χ0) is 14.8. The van der Waals surface area contributed by atoms with Gasteiger partial charge in [0.15, 0.2) is 5.41 Å². The number of ketones is 1. The Labute approximate surface area is 113 Å². The van der Waals surface area contributed by atoms with Crippen LogP contribution in [0, 0.1) is 5.41 Å². The van der Waals surface area contributed by atoms with E-state index in [1.165, 1.54) is 0 Å². The molecule has 1 aromatic carbocycles. The Bertz CT molecular complexity index is 510. The smallest absolute Gasteiger partial charge is 0.405 e. The fourth-order valence-electron chi connectivity index (χ4n) is 2.26. The first-order chi connectivity index (χ1) is 9.35. The quantitative estimate of drug-likeness (QED) is 0.802. The molecule has 0 N–H and O–H groups in total. The van der Waals surface area contributed by atoms with Gasteiger partial charge in [0, 0.05) is 12.8 Å². The van der Waals surface area contributed by atoms with Crippen molar-refractivity contribution < 1.29 is 27.5 Å². The van der Waals surface area contributed by atoms with Crippen molar-refractivity contribution in [2.24, 2.45) is 5.41 Å². The predicted octanol–water partition coefficient (Wildman–Crippen LogP) is 3.03. The Kier molecular flexibility index (Phi) is 3.83. The maximum absolute atomic E-state index is 13.1. The van der Waals surface area contributed by atoms with E-state index in [0.29, 0.717) is 5.56 Å². The molecule has 0 aromatic heterocycles. The number of benzene rings is 1. The highest BCUT2D eigenvalue weighted by Gasteiger charge is 2.64. The first kappa shape index (κ1) is 14.6. The Morgan fingerprint density at radius 2 is 1.90 bits per heavy atom. The minimum Gasteiger partial charge on any atom is -0.460 e. The van der Waals surface area contributed by atoms with Crippen molar-refractivity contribution in [3.63, 3.8) is 0 Å². The van der Waals surface area contributed by atoms with Crippen molar-refractivity contribution in [1.82, 2.24) is 0 Å². The fourth-order valence-corrected chi connectivity index (χ4v) is 2.26. The maximum atomic E-state index is 13.1. The van der Waals surface area contributed by atoms with Gasteiger partial charge in [-0.05, 0) is 12.0 Å². The minimum absolute atomic E-state index is 0.230. The molecule has 20 heavy (non-hydrogen) atoms. The van der Waals surface area contributed by atoms with Crippen LogP contribution in [0.25, 0.3) is 0 Å². The number of carbonyl (C=O) groups excluding carboxylic acids is 2. The molecule has 108 valence electrons. The number of ether oxygens (including phenoxy) is 1. The molecule has 0 aliphatic heterocycles. The van der Waals surface area contributed by atoms with Crippen LogP contribution < -0.4 is 0 Å². The number of carbonyl (C=O) groups is 2. The highest BCUT2D eigenvalue weighted by Crippen LogP contribution is 2.50. The lowest BCUT2D eigenvalue weighted by atomic mass is 9.85. The van der Waals surface area contributed by atoms with E-state index in [1.807, 2.05) is 0 Å². The van der Waals surface area contributed by atoms with Crippen LogP contribution in [-0.4, -0.2) is 17.9 Å². The van der Waals surface area contributed by atoms with Gasteiger partial charge in [-0.3, -0.25) is 9.59 Å². The Hall–Kier alpha value is -1.85. The van der Waals surface area contributed by atoms with Crippen LogP contribution in [0.4, 0.5) is 13.2 Å². The first-order valence-corrected chi connectivity index (χ1v) is 6.15. The number of hydrogen-bond acceptors (Lipinski definition) is 3. The molecule has 1 atom stereocenters.